The fraction of sp³-hybridized carbons (Fsp3) is 0.692. The number of hydrogen-bond acceptors (Lipinski definition) is 8. The zero-order valence-electron chi connectivity index (χ0n) is 13.7. The second-order valence-corrected chi connectivity index (χ2v) is 6.34. The van der Waals surface area contributed by atoms with Gasteiger partial charge in [0, 0.05) is 5.75 Å². The monoisotopic (exact) mass is 396 g/mol. The van der Waals surface area contributed by atoms with Gasteiger partial charge in [-0.3, -0.25) is 14.4 Å². The Bertz CT molecular complexity index is 479. The van der Waals surface area contributed by atoms with Crippen LogP contribution < -0.4 is 21.7 Å². The average molecular weight is 396 g/mol. The van der Waals surface area contributed by atoms with Crippen LogP contribution in [0.5, 0.6) is 0 Å². The first-order valence-corrected chi connectivity index (χ1v) is 9.35. The van der Waals surface area contributed by atoms with Gasteiger partial charge < -0.3 is 31.9 Å². The number of nitrogens with one attached hydrogen (secondary N) is 3. The Kier molecular flexibility index (Phi) is 12.0. The maximum absolute atomic E-state index is 12.1. The van der Waals surface area contributed by atoms with Gasteiger partial charge >= 0.3 is 5.97 Å². The molecule has 3 atom stereocenters. The Morgan fingerprint density at radius 2 is 1.80 bits per heavy atom. The van der Waals surface area contributed by atoms with Crippen LogP contribution >= 0.6 is 24.4 Å². The van der Waals surface area contributed by atoms with Crippen molar-refractivity contribution in [3.63, 3.8) is 0 Å². The average Bonchev–Trinajstić information content (AvgIpc) is 2.59. The van der Waals surface area contributed by atoms with E-state index in [1.165, 1.54) is 11.8 Å². The van der Waals surface area contributed by atoms with Gasteiger partial charge in [0.15, 0.2) is 0 Å². The minimum atomic E-state index is -1.24. The predicted octanol–water partition coefficient (Wildman–Crippen LogP) is -2.84. The first kappa shape index (κ1) is 23.5. The Labute approximate surface area is 155 Å². The summed E-state index contributed by atoms with van der Waals surface area (Å²) < 4.78 is 0. The molecule has 144 valence electrons. The summed E-state index contributed by atoms with van der Waals surface area (Å²) in [5.41, 5.74) is 5.39. The van der Waals surface area contributed by atoms with Gasteiger partial charge in [-0.2, -0.15) is 24.4 Å². The third kappa shape index (κ3) is 9.53. The summed E-state index contributed by atoms with van der Waals surface area (Å²) in [7, 11) is 0. The lowest BCUT2D eigenvalue weighted by molar-refractivity contribution is -0.141. The van der Waals surface area contributed by atoms with E-state index in [1.54, 1.807) is 0 Å². The van der Waals surface area contributed by atoms with E-state index in [2.05, 4.69) is 28.6 Å². The summed E-state index contributed by atoms with van der Waals surface area (Å²) >= 11 is 5.27. The van der Waals surface area contributed by atoms with Crippen molar-refractivity contribution in [1.29, 1.82) is 0 Å². The maximum atomic E-state index is 12.1. The number of nitrogens with two attached hydrogens (primary N) is 1. The number of thioether (sulfide) groups is 1. The number of amides is 3. The number of aliphatic carboxylic acids is 1. The van der Waals surface area contributed by atoms with Crippen LogP contribution in [-0.4, -0.2) is 82.9 Å². The van der Waals surface area contributed by atoms with Crippen LogP contribution in [-0.2, 0) is 19.2 Å². The first-order valence-electron chi connectivity index (χ1n) is 7.33. The van der Waals surface area contributed by atoms with Crippen molar-refractivity contribution in [2.24, 2.45) is 5.73 Å². The number of hydrogen-bond donors (Lipinski definition) is 7. The molecule has 0 aromatic heterocycles. The molecule has 0 aliphatic rings. The molecule has 0 rings (SSSR count). The van der Waals surface area contributed by atoms with Crippen molar-refractivity contribution in [3.8, 4) is 0 Å². The number of rotatable bonds is 12. The summed E-state index contributed by atoms with van der Waals surface area (Å²) in [6.07, 6.45) is 2.13. The summed E-state index contributed by atoms with van der Waals surface area (Å²) in [5, 5.41) is 24.6. The number of carboxylic acids is 1. The van der Waals surface area contributed by atoms with Crippen molar-refractivity contribution >= 4 is 48.1 Å². The second kappa shape index (κ2) is 12.8. The van der Waals surface area contributed by atoms with Gasteiger partial charge in [-0.1, -0.05) is 0 Å². The van der Waals surface area contributed by atoms with E-state index in [-0.39, 0.29) is 5.75 Å². The SMILES string of the molecule is CSCCC(NC(=O)C(N)CO)C(=O)NCC(=O)NC(CS)C(=O)O. The molecule has 0 saturated carbocycles. The standard InChI is InChI=1S/C13H24N4O6S2/c1-25-3-2-8(17-11(20)7(14)5-18)12(21)15-4-10(19)16-9(6-24)13(22)23/h7-9,18,24H,2-6,14H2,1H3,(H,15,21)(H,16,19)(H,17,20)(H,22,23). The van der Waals surface area contributed by atoms with Crippen LogP contribution in [0.1, 0.15) is 6.42 Å². The molecule has 0 saturated heterocycles. The lowest BCUT2D eigenvalue weighted by Gasteiger charge is -2.20. The largest absolute Gasteiger partial charge is 0.480 e. The third-order valence-electron chi connectivity index (χ3n) is 3.02. The molecule has 0 aromatic carbocycles. The molecular weight excluding hydrogens is 372 g/mol. The van der Waals surface area contributed by atoms with Crippen molar-refractivity contribution in [3.05, 3.63) is 0 Å². The molecule has 0 spiro atoms. The molecule has 12 heteroatoms. The molecule has 0 heterocycles. The van der Waals surface area contributed by atoms with Crippen molar-refractivity contribution in [2.75, 3.05) is 30.9 Å². The zero-order chi connectivity index (χ0) is 19.4. The molecule has 0 aliphatic heterocycles. The van der Waals surface area contributed by atoms with Crippen LogP contribution in [0, 0.1) is 0 Å². The summed E-state index contributed by atoms with van der Waals surface area (Å²) in [4.78, 5) is 46.3. The van der Waals surface area contributed by atoms with Gasteiger partial charge in [0.25, 0.3) is 0 Å². The molecule has 0 bridgehead atoms. The van der Waals surface area contributed by atoms with Gasteiger partial charge in [-0.15, -0.1) is 0 Å². The van der Waals surface area contributed by atoms with Gasteiger partial charge in [-0.05, 0) is 18.4 Å². The van der Waals surface area contributed by atoms with Crippen molar-refractivity contribution in [1.82, 2.24) is 16.0 Å². The predicted molar refractivity (Wildman–Crippen MR) is 96.4 cm³/mol. The molecule has 25 heavy (non-hydrogen) atoms. The Morgan fingerprint density at radius 3 is 2.28 bits per heavy atom. The summed E-state index contributed by atoms with van der Waals surface area (Å²) in [5.74, 6) is -2.76. The van der Waals surface area contributed by atoms with E-state index in [9.17, 15) is 19.2 Å². The van der Waals surface area contributed by atoms with Crippen LogP contribution in [0.4, 0.5) is 0 Å². The van der Waals surface area contributed by atoms with E-state index in [0.717, 1.165) is 0 Å². The van der Waals surface area contributed by atoms with Crippen LogP contribution in [0.25, 0.3) is 0 Å². The Balaban J connectivity index is 4.62. The molecule has 0 fully saturated rings. The van der Waals surface area contributed by atoms with Gasteiger partial charge in [0.2, 0.25) is 17.7 Å². The summed E-state index contributed by atoms with van der Waals surface area (Å²) in [6.45, 7) is -1.01. The zero-order valence-corrected chi connectivity index (χ0v) is 15.4. The molecule has 3 amide bonds. The Hall–Kier alpha value is -1.50. The normalized spacial score (nSPS) is 14.1. The first-order chi connectivity index (χ1) is 11.8. The fourth-order valence-corrected chi connectivity index (χ4v) is 2.31. The van der Waals surface area contributed by atoms with E-state index < -0.39 is 55.0 Å². The molecular formula is C13H24N4O6S2. The number of carbonyl (C=O) groups excluding carboxylic acids is 3. The highest BCUT2D eigenvalue weighted by molar-refractivity contribution is 7.98. The van der Waals surface area contributed by atoms with E-state index in [1.807, 2.05) is 6.26 Å². The van der Waals surface area contributed by atoms with Crippen LogP contribution in [0.15, 0.2) is 0 Å². The molecule has 0 aliphatic carbocycles. The number of carboxylic acid groups (broad SMARTS) is 1. The van der Waals surface area contributed by atoms with Gasteiger partial charge in [0.05, 0.1) is 13.2 Å². The van der Waals surface area contributed by atoms with Crippen molar-refractivity contribution < 1.29 is 29.4 Å². The topological polar surface area (TPSA) is 171 Å². The van der Waals surface area contributed by atoms with Crippen LogP contribution in [0.2, 0.25) is 0 Å². The van der Waals surface area contributed by atoms with Gasteiger partial charge in [0.1, 0.15) is 18.1 Å². The number of thiol groups is 1. The third-order valence-corrected chi connectivity index (χ3v) is 4.03. The molecule has 0 radical (unpaired) electrons. The molecule has 7 N–H and O–H groups in total. The molecule has 0 aromatic rings. The minimum Gasteiger partial charge on any atom is -0.480 e. The number of aliphatic hydroxyl groups excluding tert-OH is 1. The lowest BCUT2D eigenvalue weighted by atomic mass is 10.2. The number of aliphatic hydroxyl groups is 1. The van der Waals surface area contributed by atoms with E-state index in [0.29, 0.717) is 12.2 Å². The molecule has 10 nitrogen and oxygen atoms in total. The highest BCUT2D eigenvalue weighted by atomic mass is 32.2. The van der Waals surface area contributed by atoms with E-state index in [4.69, 9.17) is 15.9 Å². The quantitative estimate of drug-likeness (QED) is 0.173. The maximum Gasteiger partial charge on any atom is 0.327 e. The Morgan fingerprint density at radius 1 is 1.16 bits per heavy atom. The second-order valence-electron chi connectivity index (χ2n) is 4.99. The fourth-order valence-electron chi connectivity index (χ4n) is 1.59. The van der Waals surface area contributed by atoms with Gasteiger partial charge in [-0.25, -0.2) is 4.79 Å². The van der Waals surface area contributed by atoms with Crippen molar-refractivity contribution in [2.45, 2.75) is 24.5 Å². The number of carbonyl (C=O) groups is 4. The highest BCUT2D eigenvalue weighted by Gasteiger charge is 2.24. The highest BCUT2D eigenvalue weighted by Crippen LogP contribution is 2.01. The smallest absolute Gasteiger partial charge is 0.327 e. The molecule has 3 unspecified atom stereocenters. The van der Waals surface area contributed by atoms with E-state index >= 15 is 0 Å². The van der Waals surface area contributed by atoms with Crippen LogP contribution in [0.3, 0.4) is 0 Å². The minimum absolute atomic E-state index is 0.0968. The lowest BCUT2D eigenvalue weighted by Crippen LogP contribution is -2.54. The summed E-state index contributed by atoms with van der Waals surface area (Å²) in [6, 6.07) is -3.24.